The molecule has 0 aliphatic rings. The van der Waals surface area contributed by atoms with Gasteiger partial charge in [0.05, 0.1) is 0 Å². The molecule has 5 nitrogen and oxygen atoms in total. The maximum absolute atomic E-state index is 11.0. The standard InChI is InChI=1S/C6H7ClN2O3S2/c1-4(10)5-2-13-6(8-5)9-14(11,12)3-7/h2H,3H2,1H3,(H,8,9). The van der Waals surface area contributed by atoms with E-state index in [2.05, 4.69) is 9.71 Å². The van der Waals surface area contributed by atoms with E-state index in [0.717, 1.165) is 11.3 Å². The van der Waals surface area contributed by atoms with E-state index in [9.17, 15) is 13.2 Å². The van der Waals surface area contributed by atoms with E-state index in [-0.39, 0.29) is 16.6 Å². The van der Waals surface area contributed by atoms with Crippen molar-refractivity contribution in [3.63, 3.8) is 0 Å². The molecule has 0 unspecified atom stereocenters. The maximum atomic E-state index is 11.0. The molecule has 1 aromatic heterocycles. The summed E-state index contributed by atoms with van der Waals surface area (Å²) >= 11 is 6.21. The summed E-state index contributed by atoms with van der Waals surface area (Å²) < 4.78 is 24.1. The topological polar surface area (TPSA) is 76.1 Å². The number of sulfonamides is 1. The Kier molecular flexibility index (Phi) is 3.46. The number of nitrogens with zero attached hydrogens (tertiary/aromatic N) is 1. The summed E-state index contributed by atoms with van der Waals surface area (Å²) in [5.41, 5.74) is 0.238. The van der Waals surface area contributed by atoms with Gasteiger partial charge in [0, 0.05) is 12.3 Å². The molecule has 1 heterocycles. The summed E-state index contributed by atoms with van der Waals surface area (Å²) in [5, 5.41) is 1.09. The number of anilines is 1. The molecule has 0 aromatic carbocycles. The van der Waals surface area contributed by atoms with Crippen molar-refractivity contribution in [3.05, 3.63) is 11.1 Å². The summed E-state index contributed by atoms with van der Waals surface area (Å²) in [4.78, 5) is 14.6. The fourth-order valence-electron chi connectivity index (χ4n) is 0.643. The van der Waals surface area contributed by atoms with E-state index < -0.39 is 15.2 Å². The molecule has 0 amide bonds. The van der Waals surface area contributed by atoms with Gasteiger partial charge < -0.3 is 0 Å². The third-order valence-electron chi connectivity index (χ3n) is 1.25. The number of aromatic nitrogens is 1. The summed E-state index contributed by atoms with van der Waals surface area (Å²) in [6.45, 7) is 1.36. The van der Waals surface area contributed by atoms with Crippen LogP contribution in [0, 0.1) is 0 Å². The second-order valence-corrected chi connectivity index (χ2v) is 5.58. The van der Waals surface area contributed by atoms with Crippen LogP contribution in [-0.4, -0.2) is 24.4 Å². The largest absolute Gasteiger partial charge is 0.293 e. The molecule has 0 bridgehead atoms. The van der Waals surface area contributed by atoms with Gasteiger partial charge in [-0.15, -0.1) is 22.9 Å². The minimum atomic E-state index is -3.53. The SMILES string of the molecule is CC(=O)c1csc(NS(=O)(=O)CCl)n1. The second kappa shape index (κ2) is 4.24. The van der Waals surface area contributed by atoms with Gasteiger partial charge in [0.2, 0.25) is 10.0 Å². The number of nitrogens with one attached hydrogen (secondary N) is 1. The Labute approximate surface area is 90.2 Å². The molecule has 1 aromatic rings. The van der Waals surface area contributed by atoms with Crippen LogP contribution in [0.5, 0.6) is 0 Å². The maximum Gasteiger partial charge on any atom is 0.248 e. The quantitative estimate of drug-likeness (QED) is 0.649. The molecule has 0 aliphatic carbocycles. The van der Waals surface area contributed by atoms with Crippen molar-refractivity contribution in [2.75, 3.05) is 9.93 Å². The van der Waals surface area contributed by atoms with E-state index in [1.165, 1.54) is 12.3 Å². The zero-order valence-corrected chi connectivity index (χ0v) is 9.54. The summed E-state index contributed by atoms with van der Waals surface area (Å²) in [6.07, 6.45) is 0. The number of alkyl halides is 1. The van der Waals surface area contributed by atoms with Crippen molar-refractivity contribution in [1.82, 2.24) is 4.98 Å². The van der Waals surface area contributed by atoms with E-state index in [1.54, 1.807) is 0 Å². The molecule has 14 heavy (non-hydrogen) atoms. The van der Waals surface area contributed by atoms with Crippen molar-refractivity contribution in [3.8, 4) is 0 Å². The predicted octanol–water partition coefficient (Wildman–Crippen LogP) is 1.28. The highest BCUT2D eigenvalue weighted by molar-refractivity contribution is 7.94. The van der Waals surface area contributed by atoms with E-state index in [1.807, 2.05) is 0 Å². The first-order valence-corrected chi connectivity index (χ1v) is 6.54. The number of thiazole rings is 1. The van der Waals surface area contributed by atoms with Gasteiger partial charge in [-0.05, 0) is 0 Å². The van der Waals surface area contributed by atoms with Crippen LogP contribution in [0.1, 0.15) is 17.4 Å². The highest BCUT2D eigenvalue weighted by atomic mass is 35.5. The van der Waals surface area contributed by atoms with Crippen LogP contribution in [0.3, 0.4) is 0 Å². The van der Waals surface area contributed by atoms with Gasteiger partial charge in [-0.1, -0.05) is 0 Å². The lowest BCUT2D eigenvalue weighted by atomic mass is 10.4. The molecule has 0 saturated carbocycles. The Morgan fingerprint density at radius 3 is 2.79 bits per heavy atom. The molecule has 0 spiro atoms. The number of halogens is 1. The number of hydrogen-bond acceptors (Lipinski definition) is 5. The first-order chi connectivity index (χ1) is 6.44. The number of carbonyl (C=O) groups is 1. The van der Waals surface area contributed by atoms with E-state index in [0.29, 0.717) is 0 Å². The van der Waals surface area contributed by atoms with Gasteiger partial charge in [0.15, 0.2) is 10.9 Å². The summed E-state index contributed by atoms with van der Waals surface area (Å²) in [7, 11) is -3.53. The van der Waals surface area contributed by atoms with E-state index in [4.69, 9.17) is 11.6 Å². The van der Waals surface area contributed by atoms with Crippen LogP contribution in [0.25, 0.3) is 0 Å². The average molecular weight is 255 g/mol. The minimum absolute atomic E-state index is 0.149. The Hall–Kier alpha value is -0.660. The van der Waals surface area contributed by atoms with Crippen LogP contribution in [0.2, 0.25) is 0 Å². The molecule has 0 atom stereocenters. The van der Waals surface area contributed by atoms with Gasteiger partial charge in [0.1, 0.15) is 10.9 Å². The number of Topliss-reactive ketones (excluding diaryl/α,β-unsaturated/α-hetero) is 1. The Bertz CT molecular complexity index is 440. The van der Waals surface area contributed by atoms with Crippen molar-refractivity contribution >= 4 is 43.9 Å². The fourth-order valence-corrected chi connectivity index (χ4v) is 2.34. The first-order valence-electron chi connectivity index (χ1n) is 3.47. The zero-order chi connectivity index (χ0) is 10.8. The van der Waals surface area contributed by atoms with Gasteiger partial charge in [-0.3, -0.25) is 9.52 Å². The first kappa shape index (κ1) is 11.4. The smallest absolute Gasteiger partial charge is 0.248 e. The number of ketones is 1. The highest BCUT2D eigenvalue weighted by Gasteiger charge is 2.12. The van der Waals surface area contributed by atoms with Crippen LogP contribution in [0.15, 0.2) is 5.38 Å². The van der Waals surface area contributed by atoms with Crippen molar-refractivity contribution in [2.45, 2.75) is 6.92 Å². The Morgan fingerprint density at radius 1 is 1.71 bits per heavy atom. The van der Waals surface area contributed by atoms with Gasteiger partial charge >= 0.3 is 0 Å². The average Bonchev–Trinajstić information content (AvgIpc) is 2.52. The molecule has 0 fully saturated rings. The minimum Gasteiger partial charge on any atom is -0.293 e. The van der Waals surface area contributed by atoms with Gasteiger partial charge in [0.25, 0.3) is 0 Å². The van der Waals surface area contributed by atoms with Crippen LogP contribution in [0.4, 0.5) is 5.13 Å². The third-order valence-corrected chi connectivity index (χ3v) is 3.79. The van der Waals surface area contributed by atoms with Gasteiger partial charge in [-0.2, -0.15) is 0 Å². The molecule has 0 aliphatic heterocycles. The van der Waals surface area contributed by atoms with E-state index >= 15 is 0 Å². The molecule has 0 saturated heterocycles. The lowest BCUT2D eigenvalue weighted by Gasteiger charge is -1.98. The van der Waals surface area contributed by atoms with Crippen LogP contribution >= 0.6 is 22.9 Å². The zero-order valence-electron chi connectivity index (χ0n) is 7.15. The number of rotatable bonds is 4. The fraction of sp³-hybridized carbons (Fsp3) is 0.333. The molecule has 0 radical (unpaired) electrons. The molecule has 1 rings (SSSR count). The Balaban J connectivity index is 2.84. The Morgan fingerprint density at radius 2 is 2.36 bits per heavy atom. The molecular weight excluding hydrogens is 248 g/mol. The number of hydrogen-bond donors (Lipinski definition) is 1. The van der Waals surface area contributed by atoms with Crippen molar-refractivity contribution in [1.29, 1.82) is 0 Å². The normalized spacial score (nSPS) is 11.3. The van der Waals surface area contributed by atoms with Gasteiger partial charge in [-0.25, -0.2) is 13.4 Å². The number of carbonyl (C=O) groups excluding carboxylic acids is 1. The van der Waals surface area contributed by atoms with Crippen LogP contribution in [-0.2, 0) is 10.0 Å². The molecule has 8 heteroatoms. The monoisotopic (exact) mass is 254 g/mol. The summed E-state index contributed by atoms with van der Waals surface area (Å²) in [6, 6.07) is 0. The highest BCUT2D eigenvalue weighted by Crippen LogP contribution is 2.17. The summed E-state index contributed by atoms with van der Waals surface area (Å²) in [5.74, 6) is -0.211. The molecule has 78 valence electrons. The molecular formula is C6H7ClN2O3S2. The third kappa shape index (κ3) is 2.93. The second-order valence-electron chi connectivity index (χ2n) is 2.42. The van der Waals surface area contributed by atoms with Crippen LogP contribution < -0.4 is 4.72 Å². The van der Waals surface area contributed by atoms with Crippen molar-refractivity contribution in [2.24, 2.45) is 0 Å². The predicted molar refractivity (Wildman–Crippen MR) is 55.4 cm³/mol. The molecule has 1 N–H and O–H groups in total. The lowest BCUT2D eigenvalue weighted by molar-refractivity contribution is 0.101. The lowest BCUT2D eigenvalue weighted by Crippen LogP contribution is -2.13. The van der Waals surface area contributed by atoms with Crippen molar-refractivity contribution < 1.29 is 13.2 Å².